The minimum Gasteiger partial charge on any atom is -0.478 e. The zero-order valence-electron chi connectivity index (χ0n) is 36.4. The fourth-order valence-corrected chi connectivity index (χ4v) is 13.6. The van der Waals surface area contributed by atoms with E-state index in [1.54, 1.807) is 18.2 Å². The largest absolute Gasteiger partial charge is 0.478 e. The van der Waals surface area contributed by atoms with E-state index in [0.29, 0.717) is 29.4 Å². The van der Waals surface area contributed by atoms with E-state index in [1.165, 1.54) is 68.9 Å². The zero-order valence-corrected chi connectivity index (χ0v) is 37.2. The molecule has 2 N–H and O–H groups in total. The third-order valence-electron chi connectivity index (χ3n) is 14.4. The molecule has 7 rings (SSSR count). The molecule has 6 heteroatoms. The van der Waals surface area contributed by atoms with Gasteiger partial charge in [-0.3, -0.25) is 9.69 Å². The average molecular weight is 795 g/mol. The third-order valence-corrected chi connectivity index (χ3v) is 15.3. The van der Waals surface area contributed by atoms with Crippen molar-refractivity contribution in [3.63, 3.8) is 0 Å². The summed E-state index contributed by atoms with van der Waals surface area (Å²) in [6, 6.07) is 7.59. The highest BCUT2D eigenvalue weighted by atomic mass is 32.2. The minimum atomic E-state index is -0.861. The van der Waals surface area contributed by atoms with Crippen molar-refractivity contribution >= 4 is 29.2 Å². The minimum absolute atomic E-state index is 0.0355. The average Bonchev–Trinajstić information content (AvgIpc) is 3.66. The van der Waals surface area contributed by atoms with Crippen LogP contribution in [-0.4, -0.2) is 58.6 Å². The fourth-order valence-electron chi connectivity index (χ4n) is 12.6. The van der Waals surface area contributed by atoms with Crippen LogP contribution in [0.3, 0.4) is 0 Å². The predicted molar refractivity (Wildman–Crippen MR) is 246 cm³/mol. The normalized spacial score (nSPS) is 32.4. The Kier molecular flexibility index (Phi) is 21.2. The number of carboxylic acid groups (broad SMARTS) is 1. The second-order valence-electron chi connectivity index (χ2n) is 17.0. The van der Waals surface area contributed by atoms with Crippen LogP contribution in [0.25, 0.3) is 5.57 Å². The lowest BCUT2D eigenvalue weighted by Crippen LogP contribution is -2.64. The molecule has 1 aliphatic heterocycles. The zero-order chi connectivity index (χ0) is 43.6. The van der Waals surface area contributed by atoms with Gasteiger partial charge in [-0.05, 0) is 134 Å². The molecule has 1 amide bonds. The maximum atomic E-state index is 13.4. The van der Waals surface area contributed by atoms with Crippen LogP contribution in [0.5, 0.6) is 0 Å². The molecule has 0 radical (unpaired) electrons. The van der Waals surface area contributed by atoms with E-state index in [4.69, 9.17) is 0 Å². The highest BCUT2D eigenvalue weighted by molar-refractivity contribution is 7.99. The predicted octanol–water partition coefficient (Wildman–Crippen LogP) is 11.0. The lowest BCUT2D eigenvalue weighted by atomic mass is 9.37. The molecule has 57 heavy (non-hydrogen) atoms. The molecule has 4 saturated carbocycles. The molecule has 0 bridgehead atoms. The number of thioether (sulfide) groups is 1. The number of nitrogens with zero attached hydrogens (tertiary/aromatic N) is 1. The van der Waals surface area contributed by atoms with Crippen LogP contribution in [0.4, 0.5) is 0 Å². The van der Waals surface area contributed by atoms with Gasteiger partial charge in [0.1, 0.15) is 0 Å². The van der Waals surface area contributed by atoms with Crippen molar-refractivity contribution in [2.24, 2.45) is 45.8 Å². The SMILES string of the molecule is C#C.C#C.C#C.C#C.C=CC.CC.CC1(C)C(c2ccc(C(=O)O)cc2)=CC[C@@]2(C)C1CC[C@@]1(C)C3CC[C@@]4(NC(=O)CN5CCSCC5)CCCC4[C@H]3CCC12. The summed E-state index contributed by atoms with van der Waals surface area (Å²) in [5, 5.41) is 13.1. The summed E-state index contributed by atoms with van der Waals surface area (Å²) in [6.45, 7) is 22.1. The molecule has 1 aromatic carbocycles. The molecule has 5 fully saturated rings. The van der Waals surface area contributed by atoms with E-state index in [0.717, 1.165) is 48.8 Å². The number of amides is 1. The van der Waals surface area contributed by atoms with Crippen LogP contribution in [0.1, 0.15) is 129 Å². The summed E-state index contributed by atoms with van der Waals surface area (Å²) in [4.78, 5) is 27.2. The molecule has 4 unspecified atom stereocenters. The quantitative estimate of drug-likeness (QED) is 0.229. The molecule has 5 aliphatic carbocycles. The van der Waals surface area contributed by atoms with Crippen molar-refractivity contribution in [3.05, 3.63) is 54.1 Å². The lowest BCUT2D eigenvalue weighted by molar-refractivity contribution is -0.173. The van der Waals surface area contributed by atoms with Crippen molar-refractivity contribution in [3.8, 4) is 51.4 Å². The Bertz CT molecular complexity index is 1520. The molecule has 1 heterocycles. The smallest absolute Gasteiger partial charge is 0.335 e. The Balaban J connectivity index is 0.00000113. The third kappa shape index (κ3) is 10.6. The van der Waals surface area contributed by atoms with E-state index in [2.05, 4.69) is 102 Å². The first-order valence-electron chi connectivity index (χ1n) is 21.0. The Hall–Kier alpha value is -3.81. The van der Waals surface area contributed by atoms with E-state index in [9.17, 15) is 14.7 Å². The standard InChI is InChI=1S/C38H54N2O3S.C3H6.C2H6.4C2H2/c1-35(2)28(25-7-9-26(10-8-25)34(42)43)13-17-37(4)31(35)15-18-36(3)29-14-19-38(39-33(41)24-40-20-22-44-23-21-40)16-5-6-30(38)27(29)11-12-32(36)37;1-3-2;5*1-2/h7-10,13,27,29-32H,5-6,11-12,14-24H2,1-4H3,(H,39,41)(H,42,43);3H,1H2,2H3;1-2H3;4*1-2H/t27-,29?,30?,31?,32?,36-,37-,38-;;;;;;/m0....../s1. The summed E-state index contributed by atoms with van der Waals surface area (Å²) in [5.74, 6) is 5.22. The number of rotatable bonds is 5. The number of carboxylic acids is 1. The van der Waals surface area contributed by atoms with Crippen molar-refractivity contribution in [1.29, 1.82) is 0 Å². The van der Waals surface area contributed by atoms with E-state index in [1.807, 2.05) is 44.7 Å². The molecular weight excluding hydrogens is 721 g/mol. The van der Waals surface area contributed by atoms with E-state index < -0.39 is 5.97 Å². The van der Waals surface area contributed by atoms with Gasteiger partial charge in [0.05, 0.1) is 12.1 Å². The number of hydrogen-bond acceptors (Lipinski definition) is 4. The van der Waals surface area contributed by atoms with Crippen molar-refractivity contribution in [2.75, 3.05) is 31.1 Å². The van der Waals surface area contributed by atoms with Gasteiger partial charge < -0.3 is 10.4 Å². The highest BCUT2D eigenvalue weighted by Crippen LogP contribution is 2.72. The summed E-state index contributed by atoms with van der Waals surface area (Å²) in [5.41, 5.74) is 3.66. The molecule has 6 aliphatic rings. The molecule has 0 spiro atoms. The molecule has 5 nitrogen and oxygen atoms in total. The number of carbonyl (C=O) groups is 2. The van der Waals surface area contributed by atoms with Gasteiger partial charge in [0.25, 0.3) is 0 Å². The molecule has 1 saturated heterocycles. The number of carbonyl (C=O) groups excluding carboxylic acids is 1. The Morgan fingerprint density at radius 2 is 1.40 bits per heavy atom. The first-order chi connectivity index (χ1) is 27.4. The molecular formula is C51H74N2O3S. The van der Waals surface area contributed by atoms with Crippen LogP contribution >= 0.6 is 11.8 Å². The summed E-state index contributed by atoms with van der Waals surface area (Å²) >= 11 is 2.01. The second kappa shape index (κ2) is 23.6. The van der Waals surface area contributed by atoms with Crippen LogP contribution in [0, 0.1) is 97.2 Å². The van der Waals surface area contributed by atoms with Crippen LogP contribution in [-0.2, 0) is 4.79 Å². The number of allylic oxidation sites excluding steroid dienone is 3. The van der Waals surface area contributed by atoms with Gasteiger partial charge in [-0.25, -0.2) is 4.79 Å². The second-order valence-corrected chi connectivity index (χ2v) is 18.2. The van der Waals surface area contributed by atoms with Crippen molar-refractivity contribution in [1.82, 2.24) is 10.2 Å². The van der Waals surface area contributed by atoms with Gasteiger partial charge in [0.15, 0.2) is 0 Å². The monoisotopic (exact) mass is 795 g/mol. The van der Waals surface area contributed by atoms with Gasteiger partial charge in [0.2, 0.25) is 5.91 Å². The molecule has 1 aromatic rings. The van der Waals surface area contributed by atoms with Gasteiger partial charge in [-0.1, -0.05) is 72.2 Å². The number of aromatic carboxylic acids is 1. The summed E-state index contributed by atoms with van der Waals surface area (Å²) < 4.78 is 0. The van der Waals surface area contributed by atoms with Crippen molar-refractivity contribution in [2.45, 2.75) is 118 Å². The Morgan fingerprint density at radius 1 is 0.825 bits per heavy atom. The number of benzene rings is 1. The first kappa shape index (κ1) is 51.2. The molecule has 8 atom stereocenters. The van der Waals surface area contributed by atoms with Crippen LogP contribution in [0.2, 0.25) is 0 Å². The van der Waals surface area contributed by atoms with Crippen molar-refractivity contribution < 1.29 is 14.7 Å². The topological polar surface area (TPSA) is 69.6 Å². The summed E-state index contributed by atoms with van der Waals surface area (Å²) in [6.07, 6.45) is 48.8. The van der Waals surface area contributed by atoms with Gasteiger partial charge in [0, 0.05) is 30.1 Å². The first-order valence-corrected chi connectivity index (χ1v) is 22.1. The Morgan fingerprint density at radius 3 is 1.96 bits per heavy atom. The fraction of sp³-hybridized carbons (Fsp3) is 0.608. The lowest BCUT2D eigenvalue weighted by Gasteiger charge is -2.68. The maximum Gasteiger partial charge on any atom is 0.335 e. The van der Waals surface area contributed by atoms with Gasteiger partial charge in [-0.15, -0.1) is 58.0 Å². The number of terminal acetylenes is 4. The van der Waals surface area contributed by atoms with Crippen LogP contribution < -0.4 is 5.32 Å². The number of fused-ring (bicyclic) bond motifs is 7. The highest BCUT2D eigenvalue weighted by Gasteiger charge is 2.65. The Labute approximate surface area is 353 Å². The maximum absolute atomic E-state index is 13.4. The van der Waals surface area contributed by atoms with Gasteiger partial charge in [-0.2, -0.15) is 11.8 Å². The molecule has 312 valence electrons. The summed E-state index contributed by atoms with van der Waals surface area (Å²) in [7, 11) is 0. The van der Waals surface area contributed by atoms with E-state index in [-0.39, 0.29) is 22.3 Å². The molecule has 0 aromatic heterocycles. The van der Waals surface area contributed by atoms with E-state index >= 15 is 0 Å². The van der Waals surface area contributed by atoms with Gasteiger partial charge >= 0.3 is 5.97 Å². The number of hydrogen-bond donors (Lipinski definition) is 2. The number of nitrogens with one attached hydrogen (secondary N) is 1. The van der Waals surface area contributed by atoms with Crippen LogP contribution in [0.15, 0.2) is 43.0 Å².